The molecular weight excluding hydrogens is 365 g/mol. The number of rotatable bonds is 5. The van der Waals surface area contributed by atoms with Crippen LogP contribution in [0, 0.1) is 5.82 Å². The lowest BCUT2D eigenvalue weighted by Crippen LogP contribution is -2.43. The number of amides is 2. The summed E-state index contributed by atoms with van der Waals surface area (Å²) in [6.07, 6.45) is -0.233. The van der Waals surface area contributed by atoms with E-state index >= 15 is 0 Å². The molecule has 0 saturated carbocycles. The van der Waals surface area contributed by atoms with Gasteiger partial charge in [0, 0.05) is 14.1 Å². The van der Waals surface area contributed by atoms with Crippen molar-refractivity contribution in [2.75, 3.05) is 5.75 Å². The lowest BCUT2D eigenvalue weighted by atomic mass is 10.1. The van der Waals surface area contributed by atoms with Gasteiger partial charge in [-0.05, 0) is 11.6 Å². The van der Waals surface area contributed by atoms with Gasteiger partial charge in [-0.15, -0.1) is 0 Å². The van der Waals surface area contributed by atoms with E-state index in [9.17, 15) is 23.6 Å². The number of carbonyl (C=O) groups excluding carboxylic acids is 2. The summed E-state index contributed by atoms with van der Waals surface area (Å²) in [7, 11) is 2.69. The summed E-state index contributed by atoms with van der Waals surface area (Å²) in [4.78, 5) is 46.9. The fraction of sp³-hybridized carbons (Fsp3) is 0.267. The highest BCUT2D eigenvalue weighted by molar-refractivity contribution is 7.99. The SMILES string of the molecule is Cn1nc(SCC(=O)NNC(=O)Cc2ccccc2F)c(=O)n(C)c1=O. The number of hydrogen-bond acceptors (Lipinski definition) is 6. The Hall–Kier alpha value is -2.95. The van der Waals surface area contributed by atoms with Crippen LogP contribution in [0.3, 0.4) is 0 Å². The van der Waals surface area contributed by atoms with Crippen LogP contribution in [0.2, 0.25) is 0 Å². The quantitative estimate of drug-likeness (QED) is 0.512. The summed E-state index contributed by atoms with van der Waals surface area (Å²) in [5.41, 5.74) is 3.33. The van der Waals surface area contributed by atoms with Crippen molar-refractivity contribution in [1.82, 2.24) is 25.2 Å². The van der Waals surface area contributed by atoms with E-state index in [1.165, 1.54) is 32.3 Å². The molecule has 2 aromatic rings. The van der Waals surface area contributed by atoms with Gasteiger partial charge in [-0.1, -0.05) is 30.0 Å². The third-order valence-corrected chi connectivity index (χ3v) is 4.22. The maximum absolute atomic E-state index is 13.5. The molecule has 0 bridgehead atoms. The third kappa shape index (κ3) is 4.79. The first-order chi connectivity index (χ1) is 12.3. The van der Waals surface area contributed by atoms with Crippen molar-refractivity contribution in [3.63, 3.8) is 0 Å². The van der Waals surface area contributed by atoms with Crippen LogP contribution < -0.4 is 22.1 Å². The van der Waals surface area contributed by atoms with Crippen LogP contribution >= 0.6 is 11.8 Å². The van der Waals surface area contributed by atoms with Crippen molar-refractivity contribution in [3.05, 3.63) is 56.5 Å². The zero-order valence-electron chi connectivity index (χ0n) is 14.0. The van der Waals surface area contributed by atoms with E-state index in [-0.39, 0.29) is 22.8 Å². The van der Waals surface area contributed by atoms with Gasteiger partial charge >= 0.3 is 5.69 Å². The van der Waals surface area contributed by atoms with Gasteiger partial charge in [-0.25, -0.2) is 13.9 Å². The minimum absolute atomic E-state index is 0.0255. The van der Waals surface area contributed by atoms with Gasteiger partial charge in [0.25, 0.3) is 5.56 Å². The van der Waals surface area contributed by atoms with E-state index in [1.54, 1.807) is 6.07 Å². The molecule has 0 aliphatic heterocycles. The molecule has 0 spiro atoms. The molecule has 0 aliphatic rings. The first kappa shape index (κ1) is 19.4. The van der Waals surface area contributed by atoms with E-state index in [0.717, 1.165) is 21.0 Å². The number of halogens is 1. The van der Waals surface area contributed by atoms with Gasteiger partial charge in [0.2, 0.25) is 11.8 Å². The molecule has 0 fully saturated rings. The second-order valence-corrected chi connectivity index (χ2v) is 6.19. The predicted octanol–water partition coefficient (Wildman–Crippen LogP) is -0.900. The summed E-state index contributed by atoms with van der Waals surface area (Å²) in [6.45, 7) is 0. The minimum atomic E-state index is -0.616. The summed E-state index contributed by atoms with van der Waals surface area (Å²) in [5, 5.41) is 3.77. The molecule has 2 rings (SSSR count). The number of benzene rings is 1. The van der Waals surface area contributed by atoms with E-state index in [2.05, 4.69) is 16.0 Å². The molecule has 26 heavy (non-hydrogen) atoms. The Morgan fingerprint density at radius 1 is 1.15 bits per heavy atom. The van der Waals surface area contributed by atoms with Crippen molar-refractivity contribution in [2.45, 2.75) is 11.4 Å². The average molecular weight is 381 g/mol. The first-order valence-electron chi connectivity index (χ1n) is 7.38. The maximum atomic E-state index is 13.5. The van der Waals surface area contributed by atoms with Crippen molar-refractivity contribution in [2.24, 2.45) is 14.1 Å². The van der Waals surface area contributed by atoms with Crippen molar-refractivity contribution < 1.29 is 14.0 Å². The van der Waals surface area contributed by atoms with Crippen molar-refractivity contribution >= 4 is 23.6 Å². The molecule has 2 N–H and O–H groups in total. The van der Waals surface area contributed by atoms with E-state index in [1.807, 2.05) is 0 Å². The summed E-state index contributed by atoms with van der Waals surface area (Å²) < 4.78 is 15.3. The Balaban J connectivity index is 1.86. The van der Waals surface area contributed by atoms with Gasteiger partial charge in [-0.3, -0.25) is 29.8 Å². The average Bonchev–Trinajstić information content (AvgIpc) is 2.62. The number of aromatic nitrogens is 3. The summed E-state index contributed by atoms with van der Waals surface area (Å²) in [5.74, 6) is -1.90. The zero-order valence-corrected chi connectivity index (χ0v) is 14.8. The number of carbonyl (C=O) groups is 2. The standard InChI is InChI=1S/C15H16FN5O4S/c1-20-14(24)13(19-21(2)15(20)25)26-8-12(23)18-17-11(22)7-9-5-3-4-6-10(9)16/h3-6H,7-8H2,1-2H3,(H,17,22)(H,18,23). The van der Waals surface area contributed by atoms with Gasteiger partial charge in [0.15, 0.2) is 5.03 Å². The number of thioether (sulfide) groups is 1. The largest absolute Gasteiger partial charge is 0.346 e. The normalized spacial score (nSPS) is 10.4. The number of hydrogen-bond donors (Lipinski definition) is 2. The second-order valence-electron chi connectivity index (χ2n) is 5.23. The highest BCUT2D eigenvalue weighted by Crippen LogP contribution is 2.08. The highest BCUT2D eigenvalue weighted by Gasteiger charge is 2.13. The van der Waals surface area contributed by atoms with Gasteiger partial charge in [0.05, 0.1) is 12.2 Å². The number of hydrazine groups is 1. The van der Waals surface area contributed by atoms with Crippen LogP contribution in [-0.4, -0.2) is 31.9 Å². The molecule has 0 radical (unpaired) electrons. The van der Waals surface area contributed by atoms with Crippen LogP contribution in [-0.2, 0) is 30.1 Å². The molecule has 0 aliphatic carbocycles. The molecule has 1 aromatic carbocycles. The maximum Gasteiger partial charge on any atom is 0.346 e. The molecule has 1 heterocycles. The zero-order chi connectivity index (χ0) is 19.3. The topological polar surface area (TPSA) is 115 Å². The number of nitrogens with zero attached hydrogens (tertiary/aromatic N) is 3. The Bertz CT molecular complexity index is 956. The number of aryl methyl sites for hydroxylation is 1. The summed E-state index contributed by atoms with van der Waals surface area (Å²) >= 11 is 0.823. The smallest absolute Gasteiger partial charge is 0.273 e. The van der Waals surface area contributed by atoms with Crippen LogP contribution in [0.15, 0.2) is 38.9 Å². The molecule has 11 heteroatoms. The monoisotopic (exact) mass is 381 g/mol. The van der Waals surface area contributed by atoms with E-state index in [0.29, 0.717) is 0 Å². The minimum Gasteiger partial charge on any atom is -0.273 e. The molecule has 0 unspecified atom stereocenters. The molecular formula is C15H16FN5O4S. The van der Waals surface area contributed by atoms with Gasteiger partial charge < -0.3 is 0 Å². The highest BCUT2D eigenvalue weighted by atomic mass is 32.2. The Morgan fingerprint density at radius 3 is 2.50 bits per heavy atom. The lowest BCUT2D eigenvalue weighted by molar-refractivity contribution is -0.127. The predicted molar refractivity (Wildman–Crippen MR) is 91.8 cm³/mol. The molecule has 0 atom stereocenters. The van der Waals surface area contributed by atoms with Gasteiger partial charge in [-0.2, -0.15) is 5.10 Å². The Labute approximate surface area is 151 Å². The molecule has 9 nitrogen and oxygen atoms in total. The van der Waals surface area contributed by atoms with Crippen LogP contribution in [0.1, 0.15) is 5.56 Å². The van der Waals surface area contributed by atoms with Crippen LogP contribution in [0.25, 0.3) is 0 Å². The van der Waals surface area contributed by atoms with Crippen LogP contribution in [0.4, 0.5) is 4.39 Å². The van der Waals surface area contributed by atoms with Crippen LogP contribution in [0.5, 0.6) is 0 Å². The number of nitrogens with one attached hydrogen (secondary N) is 2. The second kappa shape index (κ2) is 8.43. The molecule has 138 valence electrons. The molecule has 0 saturated heterocycles. The fourth-order valence-electron chi connectivity index (χ4n) is 1.93. The van der Waals surface area contributed by atoms with Gasteiger partial charge in [0.1, 0.15) is 5.82 Å². The third-order valence-electron chi connectivity index (χ3n) is 3.28. The van der Waals surface area contributed by atoms with E-state index < -0.39 is 28.9 Å². The lowest BCUT2D eigenvalue weighted by Gasteiger charge is -2.08. The Morgan fingerprint density at radius 2 is 1.81 bits per heavy atom. The molecule has 1 aromatic heterocycles. The first-order valence-corrected chi connectivity index (χ1v) is 8.36. The molecule has 2 amide bonds. The van der Waals surface area contributed by atoms with Crippen molar-refractivity contribution in [1.29, 1.82) is 0 Å². The Kier molecular flexibility index (Phi) is 6.28. The van der Waals surface area contributed by atoms with E-state index in [4.69, 9.17) is 0 Å². The summed E-state index contributed by atoms with van der Waals surface area (Å²) in [6, 6.07) is 5.81. The van der Waals surface area contributed by atoms with Crippen molar-refractivity contribution in [3.8, 4) is 0 Å². The fourth-order valence-corrected chi connectivity index (χ4v) is 2.71.